The lowest BCUT2D eigenvalue weighted by molar-refractivity contribution is 0.0950. The summed E-state index contributed by atoms with van der Waals surface area (Å²) in [5, 5.41) is 3.96. The number of hydrazone groups is 1. The fourth-order valence-electron chi connectivity index (χ4n) is 1.25. The molecule has 0 fully saturated rings. The van der Waals surface area contributed by atoms with Crippen molar-refractivity contribution in [3.05, 3.63) is 35.6 Å². The molecule has 0 unspecified atom stereocenters. The van der Waals surface area contributed by atoms with Gasteiger partial charge in [0.1, 0.15) is 5.82 Å². The van der Waals surface area contributed by atoms with Crippen LogP contribution in [0.4, 0.5) is 4.39 Å². The second kappa shape index (κ2) is 6.13. The third-order valence-electron chi connectivity index (χ3n) is 2.78. The van der Waals surface area contributed by atoms with Gasteiger partial charge in [-0.1, -0.05) is 26.0 Å². The first-order valence-corrected chi connectivity index (χ1v) is 5.65. The van der Waals surface area contributed by atoms with Crippen molar-refractivity contribution in [2.75, 3.05) is 0 Å². The van der Waals surface area contributed by atoms with Crippen molar-refractivity contribution in [1.82, 2.24) is 5.43 Å². The second-order valence-corrected chi connectivity index (χ2v) is 3.98. The van der Waals surface area contributed by atoms with Crippen LogP contribution >= 0.6 is 0 Å². The van der Waals surface area contributed by atoms with Gasteiger partial charge in [0.05, 0.1) is 5.56 Å². The third kappa shape index (κ3) is 3.66. The maximum atomic E-state index is 13.3. The van der Waals surface area contributed by atoms with Crippen molar-refractivity contribution in [3.63, 3.8) is 0 Å². The fraction of sp³-hybridized carbons (Fsp3) is 0.385. The number of halogens is 1. The average Bonchev–Trinajstić information content (AvgIpc) is 2.35. The molecule has 1 aromatic rings. The van der Waals surface area contributed by atoms with E-state index in [1.165, 1.54) is 12.1 Å². The lowest BCUT2D eigenvalue weighted by Crippen LogP contribution is -2.21. The Hall–Kier alpha value is -1.71. The van der Waals surface area contributed by atoms with Crippen LogP contribution in [0.2, 0.25) is 0 Å². The van der Waals surface area contributed by atoms with Gasteiger partial charge in [0, 0.05) is 5.71 Å². The summed E-state index contributed by atoms with van der Waals surface area (Å²) in [7, 11) is 0. The highest BCUT2D eigenvalue weighted by Gasteiger charge is 2.10. The number of nitrogens with one attached hydrogen (secondary N) is 1. The van der Waals surface area contributed by atoms with E-state index in [9.17, 15) is 9.18 Å². The highest BCUT2D eigenvalue weighted by molar-refractivity contribution is 5.95. The number of nitrogens with zero attached hydrogens (tertiary/aromatic N) is 1. The Morgan fingerprint density at radius 3 is 2.71 bits per heavy atom. The van der Waals surface area contributed by atoms with Gasteiger partial charge in [-0.3, -0.25) is 4.79 Å². The van der Waals surface area contributed by atoms with Crippen LogP contribution in [-0.2, 0) is 0 Å². The molecule has 0 saturated heterocycles. The molecule has 1 rings (SSSR count). The van der Waals surface area contributed by atoms with E-state index in [1.807, 2.05) is 20.8 Å². The van der Waals surface area contributed by atoms with Crippen LogP contribution in [0.25, 0.3) is 0 Å². The Morgan fingerprint density at radius 2 is 2.12 bits per heavy atom. The second-order valence-electron chi connectivity index (χ2n) is 3.98. The van der Waals surface area contributed by atoms with Crippen LogP contribution in [0, 0.1) is 11.7 Å². The SMILES string of the molecule is CC[C@@H](C)/C(C)=N\NC(=O)c1ccccc1F. The predicted molar refractivity (Wildman–Crippen MR) is 66.4 cm³/mol. The molecule has 1 N–H and O–H groups in total. The summed E-state index contributed by atoms with van der Waals surface area (Å²) in [5.74, 6) is -0.761. The topological polar surface area (TPSA) is 41.5 Å². The standard InChI is InChI=1S/C13H17FN2O/c1-4-9(2)10(3)15-16-13(17)11-7-5-6-8-12(11)14/h5-9H,4H2,1-3H3,(H,16,17)/b15-10-/t9-/m1/s1. The molecule has 0 radical (unpaired) electrons. The minimum absolute atomic E-state index is 0.00759. The largest absolute Gasteiger partial charge is 0.274 e. The van der Waals surface area contributed by atoms with Crippen LogP contribution < -0.4 is 5.43 Å². The van der Waals surface area contributed by atoms with Crippen molar-refractivity contribution in [1.29, 1.82) is 0 Å². The first-order chi connectivity index (χ1) is 8.06. The number of amides is 1. The van der Waals surface area contributed by atoms with Crippen LogP contribution in [0.1, 0.15) is 37.6 Å². The van der Waals surface area contributed by atoms with Gasteiger partial charge in [-0.25, -0.2) is 9.82 Å². The molecule has 17 heavy (non-hydrogen) atoms. The molecular weight excluding hydrogens is 219 g/mol. The molecule has 0 spiro atoms. The van der Waals surface area contributed by atoms with Gasteiger partial charge >= 0.3 is 0 Å². The molecule has 92 valence electrons. The van der Waals surface area contributed by atoms with Gasteiger partial charge in [-0.05, 0) is 31.4 Å². The minimum Gasteiger partial charge on any atom is -0.267 e. The van der Waals surface area contributed by atoms with Gasteiger partial charge in [0.2, 0.25) is 0 Å². The Bertz CT molecular complexity index is 429. The van der Waals surface area contributed by atoms with E-state index >= 15 is 0 Å². The molecule has 1 amide bonds. The highest BCUT2D eigenvalue weighted by atomic mass is 19.1. The van der Waals surface area contributed by atoms with E-state index in [2.05, 4.69) is 10.5 Å². The van der Waals surface area contributed by atoms with Crippen molar-refractivity contribution < 1.29 is 9.18 Å². The zero-order valence-corrected chi connectivity index (χ0v) is 10.3. The van der Waals surface area contributed by atoms with E-state index in [1.54, 1.807) is 12.1 Å². The lowest BCUT2D eigenvalue weighted by atomic mass is 10.1. The number of carbonyl (C=O) groups is 1. The van der Waals surface area contributed by atoms with Crippen LogP contribution in [0.3, 0.4) is 0 Å². The number of benzene rings is 1. The molecule has 0 aliphatic carbocycles. The molecule has 0 aromatic heterocycles. The first-order valence-electron chi connectivity index (χ1n) is 5.65. The molecule has 0 saturated carbocycles. The quantitative estimate of drug-likeness (QED) is 0.633. The molecule has 0 bridgehead atoms. The Morgan fingerprint density at radius 1 is 1.47 bits per heavy atom. The van der Waals surface area contributed by atoms with E-state index in [-0.39, 0.29) is 5.56 Å². The molecule has 0 aliphatic heterocycles. The third-order valence-corrected chi connectivity index (χ3v) is 2.78. The summed E-state index contributed by atoms with van der Waals surface area (Å²) in [6.07, 6.45) is 0.949. The van der Waals surface area contributed by atoms with Gasteiger partial charge in [-0.2, -0.15) is 5.10 Å². The van der Waals surface area contributed by atoms with E-state index in [0.29, 0.717) is 5.92 Å². The van der Waals surface area contributed by atoms with Crippen molar-refractivity contribution in [2.24, 2.45) is 11.0 Å². The van der Waals surface area contributed by atoms with Crippen molar-refractivity contribution in [2.45, 2.75) is 27.2 Å². The van der Waals surface area contributed by atoms with Gasteiger partial charge in [-0.15, -0.1) is 0 Å². The van der Waals surface area contributed by atoms with Gasteiger partial charge in [0.15, 0.2) is 0 Å². The van der Waals surface area contributed by atoms with E-state index in [0.717, 1.165) is 12.1 Å². The van der Waals surface area contributed by atoms with E-state index < -0.39 is 11.7 Å². The van der Waals surface area contributed by atoms with Crippen LogP contribution in [0.15, 0.2) is 29.4 Å². The molecular formula is C13H17FN2O. The van der Waals surface area contributed by atoms with Crippen LogP contribution in [-0.4, -0.2) is 11.6 Å². The maximum absolute atomic E-state index is 13.3. The number of carbonyl (C=O) groups excluding carboxylic acids is 1. The summed E-state index contributed by atoms with van der Waals surface area (Å²) >= 11 is 0. The van der Waals surface area contributed by atoms with E-state index in [4.69, 9.17) is 0 Å². The van der Waals surface area contributed by atoms with Crippen molar-refractivity contribution >= 4 is 11.6 Å². The van der Waals surface area contributed by atoms with Crippen LogP contribution in [0.5, 0.6) is 0 Å². The lowest BCUT2D eigenvalue weighted by Gasteiger charge is -2.08. The summed E-state index contributed by atoms with van der Waals surface area (Å²) in [4.78, 5) is 11.6. The highest BCUT2D eigenvalue weighted by Crippen LogP contribution is 2.06. The molecule has 1 aromatic carbocycles. The summed E-state index contributed by atoms with van der Waals surface area (Å²) in [6, 6.07) is 5.84. The molecule has 4 heteroatoms. The van der Waals surface area contributed by atoms with Crippen molar-refractivity contribution in [3.8, 4) is 0 Å². The normalized spacial score (nSPS) is 13.3. The predicted octanol–water partition coefficient (Wildman–Crippen LogP) is 2.98. The first kappa shape index (κ1) is 13.4. The number of rotatable bonds is 4. The van der Waals surface area contributed by atoms with Gasteiger partial charge in [0.25, 0.3) is 5.91 Å². The summed E-state index contributed by atoms with van der Waals surface area (Å²) in [6.45, 7) is 5.91. The molecule has 0 aliphatic rings. The summed E-state index contributed by atoms with van der Waals surface area (Å²) < 4.78 is 13.3. The molecule has 0 heterocycles. The zero-order valence-electron chi connectivity index (χ0n) is 10.3. The Kier molecular flexibility index (Phi) is 4.82. The minimum atomic E-state index is -0.540. The maximum Gasteiger partial charge on any atom is 0.274 e. The number of hydrogen-bond acceptors (Lipinski definition) is 2. The summed E-state index contributed by atoms with van der Waals surface area (Å²) in [5.41, 5.74) is 3.20. The average molecular weight is 236 g/mol. The Balaban J connectivity index is 2.71. The molecule has 1 atom stereocenters. The number of hydrogen-bond donors (Lipinski definition) is 1. The monoisotopic (exact) mass is 236 g/mol. The fourth-order valence-corrected chi connectivity index (χ4v) is 1.25. The smallest absolute Gasteiger partial charge is 0.267 e. The zero-order chi connectivity index (χ0) is 12.8. The Labute approximate surface area is 101 Å². The van der Waals surface area contributed by atoms with Gasteiger partial charge < -0.3 is 0 Å². The molecule has 3 nitrogen and oxygen atoms in total.